The van der Waals surface area contributed by atoms with Crippen LogP contribution >= 0.6 is 0 Å². The minimum Gasteiger partial charge on any atom is -0.325 e. The van der Waals surface area contributed by atoms with Crippen LogP contribution in [0.1, 0.15) is 58.2 Å². The fourth-order valence-electron chi connectivity index (χ4n) is 4.07. The van der Waals surface area contributed by atoms with Gasteiger partial charge >= 0.3 is 0 Å². The average molecular weight is 260 g/mol. The minimum atomic E-state index is -0.0815. The summed E-state index contributed by atoms with van der Waals surface area (Å²) in [6, 6.07) is 4.34. The summed E-state index contributed by atoms with van der Waals surface area (Å²) in [6.07, 6.45) is 7.45. The summed E-state index contributed by atoms with van der Waals surface area (Å²) in [4.78, 5) is 4.58. The summed E-state index contributed by atoms with van der Waals surface area (Å²) in [5, 5.41) is 0. The molecule has 2 N–H and O–H groups in total. The lowest BCUT2D eigenvalue weighted by atomic mass is 9.63. The van der Waals surface area contributed by atoms with Gasteiger partial charge in [0.1, 0.15) is 0 Å². The molecule has 1 aromatic rings. The highest BCUT2D eigenvalue weighted by molar-refractivity contribution is 5.16. The van der Waals surface area contributed by atoms with Gasteiger partial charge in [0.05, 0.1) is 0 Å². The molecule has 2 atom stereocenters. The van der Waals surface area contributed by atoms with Crippen LogP contribution in [0.4, 0.5) is 0 Å². The van der Waals surface area contributed by atoms with Gasteiger partial charge in [0.2, 0.25) is 0 Å². The molecule has 1 fully saturated rings. The lowest BCUT2D eigenvalue weighted by molar-refractivity contribution is 0.107. The van der Waals surface area contributed by atoms with Crippen LogP contribution < -0.4 is 5.73 Å². The standard InChI is InChI=1S/C17H28N2/c1-5-14-6-7-15(19-11-14)10-17(18)9-13(2)8-16(3,4)12-17/h6-7,11,13H,5,8-10,12,18H2,1-4H3. The first-order valence-corrected chi connectivity index (χ1v) is 7.55. The Morgan fingerprint density at radius 1 is 1.32 bits per heavy atom. The Kier molecular flexibility index (Phi) is 4.00. The summed E-state index contributed by atoms with van der Waals surface area (Å²) in [5.74, 6) is 0.712. The second-order valence-electron chi connectivity index (χ2n) is 7.40. The minimum absolute atomic E-state index is 0.0815. The Morgan fingerprint density at radius 2 is 2.05 bits per heavy atom. The van der Waals surface area contributed by atoms with Gasteiger partial charge in [0.15, 0.2) is 0 Å². The second kappa shape index (κ2) is 5.24. The highest BCUT2D eigenvalue weighted by Gasteiger charge is 2.40. The molecule has 1 aromatic heterocycles. The van der Waals surface area contributed by atoms with Gasteiger partial charge in [-0.25, -0.2) is 0 Å². The fraction of sp³-hybridized carbons (Fsp3) is 0.706. The Labute approximate surface area is 117 Å². The maximum absolute atomic E-state index is 6.69. The smallest absolute Gasteiger partial charge is 0.0422 e. The number of nitrogens with two attached hydrogens (primary N) is 1. The number of hydrogen-bond donors (Lipinski definition) is 1. The van der Waals surface area contributed by atoms with Crippen molar-refractivity contribution in [1.82, 2.24) is 4.98 Å². The Bertz CT molecular complexity index is 421. The van der Waals surface area contributed by atoms with Crippen LogP contribution in [0.25, 0.3) is 0 Å². The maximum atomic E-state index is 6.69. The molecule has 0 radical (unpaired) electrons. The van der Waals surface area contributed by atoms with E-state index in [2.05, 4.69) is 44.8 Å². The van der Waals surface area contributed by atoms with Gasteiger partial charge in [0.25, 0.3) is 0 Å². The second-order valence-corrected chi connectivity index (χ2v) is 7.40. The van der Waals surface area contributed by atoms with Crippen molar-refractivity contribution in [2.24, 2.45) is 17.1 Å². The van der Waals surface area contributed by atoms with Crippen molar-refractivity contribution < 1.29 is 0 Å². The molecule has 2 rings (SSSR count). The summed E-state index contributed by atoms with van der Waals surface area (Å²) >= 11 is 0. The zero-order valence-corrected chi connectivity index (χ0v) is 12.9. The number of hydrogen-bond acceptors (Lipinski definition) is 2. The van der Waals surface area contributed by atoms with Crippen LogP contribution in [0.3, 0.4) is 0 Å². The molecule has 0 saturated heterocycles. The summed E-state index contributed by atoms with van der Waals surface area (Å²) < 4.78 is 0. The number of pyridine rings is 1. The van der Waals surface area contributed by atoms with E-state index in [1.165, 1.54) is 12.0 Å². The Morgan fingerprint density at radius 3 is 2.58 bits per heavy atom. The molecule has 2 heteroatoms. The van der Waals surface area contributed by atoms with E-state index in [0.717, 1.165) is 31.4 Å². The van der Waals surface area contributed by atoms with E-state index in [1.54, 1.807) is 0 Å². The van der Waals surface area contributed by atoms with Gasteiger partial charge in [-0.2, -0.15) is 0 Å². The first kappa shape index (κ1) is 14.5. The van der Waals surface area contributed by atoms with E-state index in [0.29, 0.717) is 11.3 Å². The molecule has 2 nitrogen and oxygen atoms in total. The average Bonchev–Trinajstić information content (AvgIpc) is 2.26. The lowest BCUT2D eigenvalue weighted by Crippen LogP contribution is -2.50. The third-order valence-electron chi connectivity index (χ3n) is 4.31. The van der Waals surface area contributed by atoms with E-state index in [9.17, 15) is 0 Å². The molecule has 0 aromatic carbocycles. The normalized spacial score (nSPS) is 30.3. The largest absolute Gasteiger partial charge is 0.325 e. The third kappa shape index (κ3) is 3.79. The quantitative estimate of drug-likeness (QED) is 0.899. The van der Waals surface area contributed by atoms with Crippen molar-refractivity contribution in [2.75, 3.05) is 0 Å². The van der Waals surface area contributed by atoms with Crippen molar-refractivity contribution in [3.8, 4) is 0 Å². The van der Waals surface area contributed by atoms with E-state index in [1.807, 2.05) is 6.20 Å². The topological polar surface area (TPSA) is 38.9 Å². The van der Waals surface area contributed by atoms with E-state index in [-0.39, 0.29) is 5.54 Å². The molecule has 0 spiro atoms. The molecular formula is C17H28N2. The number of aromatic nitrogens is 1. The van der Waals surface area contributed by atoms with Crippen LogP contribution in [0.15, 0.2) is 18.3 Å². The van der Waals surface area contributed by atoms with Crippen LogP contribution in [0.5, 0.6) is 0 Å². The van der Waals surface area contributed by atoms with Crippen LogP contribution in [0, 0.1) is 11.3 Å². The van der Waals surface area contributed by atoms with Crippen molar-refractivity contribution >= 4 is 0 Å². The first-order valence-electron chi connectivity index (χ1n) is 7.55. The molecular weight excluding hydrogens is 232 g/mol. The summed E-state index contributed by atoms with van der Waals surface area (Å²) in [6.45, 7) is 9.18. The van der Waals surface area contributed by atoms with Crippen LogP contribution in [-0.4, -0.2) is 10.5 Å². The molecule has 1 aliphatic carbocycles. The molecule has 1 aliphatic rings. The molecule has 0 amide bonds. The summed E-state index contributed by atoms with van der Waals surface area (Å²) in [7, 11) is 0. The van der Waals surface area contributed by atoms with Crippen molar-refractivity contribution in [3.63, 3.8) is 0 Å². The fourth-order valence-corrected chi connectivity index (χ4v) is 4.07. The van der Waals surface area contributed by atoms with E-state index in [4.69, 9.17) is 5.73 Å². The van der Waals surface area contributed by atoms with Crippen molar-refractivity contribution in [2.45, 2.75) is 65.3 Å². The zero-order valence-electron chi connectivity index (χ0n) is 12.9. The van der Waals surface area contributed by atoms with Gasteiger partial charge in [0, 0.05) is 23.9 Å². The lowest BCUT2D eigenvalue weighted by Gasteiger charge is -2.45. The predicted molar refractivity (Wildman–Crippen MR) is 81.0 cm³/mol. The van der Waals surface area contributed by atoms with Crippen LogP contribution in [-0.2, 0) is 12.8 Å². The molecule has 106 valence electrons. The van der Waals surface area contributed by atoms with E-state index < -0.39 is 0 Å². The van der Waals surface area contributed by atoms with Gasteiger partial charge in [-0.05, 0) is 48.6 Å². The molecule has 1 heterocycles. The maximum Gasteiger partial charge on any atom is 0.0422 e. The predicted octanol–water partition coefficient (Wildman–Crippen LogP) is 3.73. The SMILES string of the molecule is CCc1ccc(CC2(N)CC(C)CC(C)(C)C2)nc1. The van der Waals surface area contributed by atoms with Gasteiger partial charge in [-0.1, -0.05) is 33.8 Å². The van der Waals surface area contributed by atoms with Gasteiger partial charge in [-0.3, -0.25) is 4.98 Å². The van der Waals surface area contributed by atoms with Crippen molar-refractivity contribution in [1.29, 1.82) is 0 Å². The monoisotopic (exact) mass is 260 g/mol. The zero-order chi connectivity index (χ0) is 14.1. The Hall–Kier alpha value is -0.890. The summed E-state index contributed by atoms with van der Waals surface area (Å²) in [5.41, 5.74) is 9.40. The number of aryl methyl sites for hydroxylation is 1. The third-order valence-corrected chi connectivity index (χ3v) is 4.31. The molecule has 1 saturated carbocycles. The highest BCUT2D eigenvalue weighted by Crippen LogP contribution is 2.43. The highest BCUT2D eigenvalue weighted by atomic mass is 14.8. The number of nitrogens with zero attached hydrogens (tertiary/aromatic N) is 1. The Balaban J connectivity index is 2.11. The van der Waals surface area contributed by atoms with Crippen LogP contribution in [0.2, 0.25) is 0 Å². The molecule has 2 unspecified atom stereocenters. The van der Waals surface area contributed by atoms with Gasteiger partial charge in [-0.15, -0.1) is 0 Å². The molecule has 0 bridgehead atoms. The molecule has 0 aliphatic heterocycles. The first-order chi connectivity index (χ1) is 8.82. The van der Waals surface area contributed by atoms with Crippen molar-refractivity contribution in [3.05, 3.63) is 29.6 Å². The van der Waals surface area contributed by atoms with Gasteiger partial charge < -0.3 is 5.73 Å². The number of rotatable bonds is 3. The molecule has 19 heavy (non-hydrogen) atoms. The van der Waals surface area contributed by atoms with E-state index >= 15 is 0 Å².